The van der Waals surface area contributed by atoms with Crippen LogP contribution in [0.15, 0.2) is 18.2 Å². The molecule has 4 unspecified atom stereocenters. The van der Waals surface area contributed by atoms with Crippen molar-refractivity contribution < 1.29 is 9.18 Å². The molecule has 5 heteroatoms. The Hall–Kier alpha value is -1.13. The summed E-state index contributed by atoms with van der Waals surface area (Å²) < 4.78 is 13.7. The van der Waals surface area contributed by atoms with E-state index in [4.69, 9.17) is 5.73 Å². The van der Waals surface area contributed by atoms with Crippen LogP contribution < -0.4 is 11.1 Å². The second-order valence-corrected chi connectivity index (χ2v) is 5.91. The van der Waals surface area contributed by atoms with Crippen molar-refractivity contribution in [2.24, 2.45) is 23.5 Å². The van der Waals surface area contributed by atoms with Gasteiger partial charge in [-0.25, -0.2) is 4.39 Å². The van der Waals surface area contributed by atoms with Crippen molar-refractivity contribution in [3.05, 3.63) is 29.6 Å². The average molecular weight is 299 g/mol. The van der Waals surface area contributed by atoms with E-state index in [0.29, 0.717) is 11.8 Å². The second-order valence-electron chi connectivity index (χ2n) is 5.91. The molecule has 0 heterocycles. The van der Waals surface area contributed by atoms with Gasteiger partial charge < -0.3 is 11.1 Å². The molecule has 2 bridgehead atoms. The van der Waals surface area contributed by atoms with Gasteiger partial charge in [0.2, 0.25) is 5.91 Å². The van der Waals surface area contributed by atoms with E-state index in [-0.39, 0.29) is 41.8 Å². The zero-order valence-electron chi connectivity index (χ0n) is 11.4. The Kier molecular flexibility index (Phi) is 4.35. The molecule has 3 nitrogen and oxygen atoms in total. The number of benzene rings is 1. The fourth-order valence-corrected chi connectivity index (χ4v) is 3.66. The first-order chi connectivity index (χ1) is 9.06. The highest BCUT2D eigenvalue weighted by Crippen LogP contribution is 2.47. The molecule has 0 radical (unpaired) electrons. The highest BCUT2D eigenvalue weighted by molar-refractivity contribution is 5.93. The topological polar surface area (TPSA) is 55.1 Å². The van der Waals surface area contributed by atoms with Crippen LogP contribution in [-0.4, -0.2) is 11.9 Å². The fraction of sp³-hybridized carbons (Fsp3) is 0.533. The Morgan fingerprint density at radius 2 is 2.05 bits per heavy atom. The Morgan fingerprint density at radius 3 is 2.65 bits per heavy atom. The Labute approximate surface area is 124 Å². The maximum Gasteiger partial charge on any atom is 0.229 e. The second kappa shape index (κ2) is 5.70. The van der Waals surface area contributed by atoms with Crippen LogP contribution in [0.4, 0.5) is 10.1 Å². The van der Waals surface area contributed by atoms with Crippen molar-refractivity contribution >= 4 is 24.0 Å². The summed E-state index contributed by atoms with van der Waals surface area (Å²) >= 11 is 0. The van der Waals surface area contributed by atoms with Gasteiger partial charge in [-0.15, -0.1) is 12.4 Å². The van der Waals surface area contributed by atoms with Crippen LogP contribution in [0.3, 0.4) is 0 Å². The number of hydrogen-bond acceptors (Lipinski definition) is 2. The summed E-state index contributed by atoms with van der Waals surface area (Å²) in [5, 5.41) is 2.70. The third-order valence-electron chi connectivity index (χ3n) is 4.67. The van der Waals surface area contributed by atoms with Crippen molar-refractivity contribution in [1.29, 1.82) is 0 Å². The van der Waals surface area contributed by atoms with Gasteiger partial charge in [0.05, 0.1) is 11.6 Å². The summed E-state index contributed by atoms with van der Waals surface area (Å²) in [6.07, 6.45) is 3.26. The van der Waals surface area contributed by atoms with E-state index >= 15 is 0 Å². The molecule has 0 aliphatic heterocycles. The SMILES string of the molecule is Cc1ccc(NC(=O)C2C3CCC(C3)C2N)c(F)c1.Cl. The number of nitrogens with one attached hydrogen (secondary N) is 1. The van der Waals surface area contributed by atoms with Crippen LogP contribution in [0.5, 0.6) is 0 Å². The first-order valence-corrected chi connectivity index (χ1v) is 6.89. The number of nitrogens with two attached hydrogens (primary N) is 1. The smallest absolute Gasteiger partial charge is 0.229 e. The molecule has 4 atom stereocenters. The third-order valence-corrected chi connectivity index (χ3v) is 4.67. The molecule has 2 aliphatic rings. The predicted octanol–water partition coefficient (Wildman–Crippen LogP) is 2.87. The predicted molar refractivity (Wildman–Crippen MR) is 79.3 cm³/mol. The van der Waals surface area contributed by atoms with E-state index in [1.807, 2.05) is 6.92 Å². The number of aryl methyl sites for hydroxylation is 1. The molecular formula is C15H20ClFN2O. The quantitative estimate of drug-likeness (QED) is 0.882. The highest BCUT2D eigenvalue weighted by atomic mass is 35.5. The number of carbonyl (C=O) groups excluding carboxylic acids is 1. The minimum Gasteiger partial charge on any atom is -0.327 e. The van der Waals surface area contributed by atoms with Gasteiger partial charge in [-0.3, -0.25) is 4.79 Å². The lowest BCUT2D eigenvalue weighted by atomic mass is 9.84. The van der Waals surface area contributed by atoms with Gasteiger partial charge in [0.15, 0.2) is 0 Å². The summed E-state index contributed by atoms with van der Waals surface area (Å²) in [5.74, 6) is 0.198. The van der Waals surface area contributed by atoms with E-state index in [1.54, 1.807) is 12.1 Å². The van der Waals surface area contributed by atoms with E-state index in [9.17, 15) is 9.18 Å². The van der Waals surface area contributed by atoms with Crippen LogP contribution in [0.1, 0.15) is 24.8 Å². The summed E-state index contributed by atoms with van der Waals surface area (Å²) in [5.41, 5.74) is 7.22. The molecule has 110 valence electrons. The molecule has 0 spiro atoms. The number of rotatable bonds is 2. The summed E-state index contributed by atoms with van der Waals surface area (Å²) in [4.78, 5) is 12.3. The lowest BCUT2D eigenvalue weighted by Gasteiger charge is -2.27. The van der Waals surface area contributed by atoms with E-state index in [0.717, 1.165) is 24.8 Å². The van der Waals surface area contributed by atoms with Gasteiger partial charge in [0.25, 0.3) is 0 Å². The van der Waals surface area contributed by atoms with Crippen molar-refractivity contribution in [1.82, 2.24) is 0 Å². The minimum atomic E-state index is -0.384. The average Bonchev–Trinajstić information content (AvgIpc) is 2.93. The number of fused-ring (bicyclic) bond motifs is 2. The van der Waals surface area contributed by atoms with E-state index < -0.39 is 0 Å². The van der Waals surface area contributed by atoms with Gasteiger partial charge in [-0.1, -0.05) is 6.07 Å². The molecule has 20 heavy (non-hydrogen) atoms. The van der Waals surface area contributed by atoms with Gasteiger partial charge in [0, 0.05) is 6.04 Å². The molecule has 3 rings (SSSR count). The molecule has 2 saturated carbocycles. The first kappa shape index (κ1) is 15.3. The molecular weight excluding hydrogens is 279 g/mol. The number of halogens is 2. The maximum atomic E-state index is 13.7. The number of anilines is 1. The normalized spacial score (nSPS) is 30.9. The lowest BCUT2D eigenvalue weighted by Crippen LogP contribution is -2.42. The van der Waals surface area contributed by atoms with Gasteiger partial charge >= 0.3 is 0 Å². The molecule has 1 aromatic rings. The third kappa shape index (κ3) is 2.54. The van der Waals surface area contributed by atoms with E-state index in [1.165, 1.54) is 6.07 Å². The van der Waals surface area contributed by atoms with Crippen molar-refractivity contribution in [2.45, 2.75) is 32.2 Å². The van der Waals surface area contributed by atoms with Crippen LogP contribution in [0, 0.1) is 30.5 Å². The molecule has 1 amide bonds. The highest BCUT2D eigenvalue weighted by Gasteiger charge is 2.49. The Balaban J connectivity index is 0.00000147. The van der Waals surface area contributed by atoms with E-state index in [2.05, 4.69) is 5.32 Å². The monoisotopic (exact) mass is 298 g/mol. The first-order valence-electron chi connectivity index (χ1n) is 6.89. The largest absolute Gasteiger partial charge is 0.327 e. The molecule has 2 fully saturated rings. The molecule has 0 aromatic heterocycles. The molecule has 1 aromatic carbocycles. The van der Waals surface area contributed by atoms with Crippen LogP contribution in [0.2, 0.25) is 0 Å². The Morgan fingerprint density at radius 1 is 1.35 bits per heavy atom. The summed E-state index contributed by atoms with van der Waals surface area (Å²) in [7, 11) is 0. The number of hydrogen-bond donors (Lipinski definition) is 2. The van der Waals surface area contributed by atoms with Crippen LogP contribution in [0.25, 0.3) is 0 Å². The summed E-state index contributed by atoms with van der Waals surface area (Å²) in [6.45, 7) is 1.82. The van der Waals surface area contributed by atoms with Gasteiger partial charge in [0.1, 0.15) is 5.82 Å². The van der Waals surface area contributed by atoms with Gasteiger partial charge in [-0.2, -0.15) is 0 Å². The van der Waals surface area contributed by atoms with Crippen molar-refractivity contribution in [3.8, 4) is 0 Å². The van der Waals surface area contributed by atoms with Crippen LogP contribution >= 0.6 is 12.4 Å². The Bertz CT molecular complexity index is 521. The standard InChI is InChI=1S/C15H19FN2O.ClH/c1-8-2-5-12(11(16)6-8)18-15(19)13-9-3-4-10(7-9)14(13)17;/h2,5-6,9-10,13-14H,3-4,7,17H2,1H3,(H,18,19);1H. The molecule has 2 aliphatic carbocycles. The molecule has 3 N–H and O–H groups in total. The maximum absolute atomic E-state index is 13.7. The van der Waals surface area contributed by atoms with Crippen molar-refractivity contribution in [2.75, 3.05) is 5.32 Å². The fourth-order valence-electron chi connectivity index (χ4n) is 3.66. The number of amides is 1. The van der Waals surface area contributed by atoms with Gasteiger partial charge in [-0.05, 0) is 55.7 Å². The zero-order chi connectivity index (χ0) is 13.6. The summed E-state index contributed by atoms with van der Waals surface area (Å²) in [6, 6.07) is 4.77. The number of carbonyl (C=O) groups is 1. The zero-order valence-corrected chi connectivity index (χ0v) is 12.3. The van der Waals surface area contributed by atoms with Crippen LogP contribution in [-0.2, 0) is 4.79 Å². The lowest BCUT2D eigenvalue weighted by molar-refractivity contribution is -0.121. The molecule has 0 saturated heterocycles. The van der Waals surface area contributed by atoms with Crippen molar-refractivity contribution in [3.63, 3.8) is 0 Å². The minimum absolute atomic E-state index is 0.